The van der Waals surface area contributed by atoms with Gasteiger partial charge in [-0.1, -0.05) is 40.6 Å². The fourth-order valence-electron chi connectivity index (χ4n) is 4.06. The summed E-state index contributed by atoms with van der Waals surface area (Å²) in [4.78, 5) is 24.2. The Balaban J connectivity index is 1.38. The van der Waals surface area contributed by atoms with Crippen molar-refractivity contribution in [3.8, 4) is 0 Å². The monoisotopic (exact) mass is 566 g/mol. The van der Waals surface area contributed by atoms with Crippen LogP contribution in [-0.2, 0) is 21.4 Å². The Bertz CT molecular complexity index is 1470. The number of para-hydroxylation sites is 1. The average molecular weight is 568 g/mol. The van der Waals surface area contributed by atoms with Gasteiger partial charge in [0.15, 0.2) is 5.13 Å². The number of anilines is 1. The van der Waals surface area contributed by atoms with Crippen LogP contribution in [0, 0.1) is 5.92 Å². The van der Waals surface area contributed by atoms with E-state index in [0.717, 1.165) is 21.6 Å². The molecule has 0 saturated carbocycles. The second-order valence-corrected chi connectivity index (χ2v) is 13.4. The molecule has 3 aromatic heterocycles. The van der Waals surface area contributed by atoms with Crippen molar-refractivity contribution >= 4 is 77.2 Å². The molecule has 1 saturated heterocycles. The highest BCUT2D eigenvalue weighted by atomic mass is 35.5. The summed E-state index contributed by atoms with van der Waals surface area (Å²) < 4.78 is 28.9. The molecule has 4 aromatic rings. The molecule has 0 radical (unpaired) electrons. The SMILES string of the molecule is O=C(C1CCN(S(=O)(=O)c2ccc(Cl)s2)CC1)N(Cc1ccncc1)c1nc2c(Cl)cccc2s1. The van der Waals surface area contributed by atoms with Crippen molar-refractivity contribution in [2.75, 3.05) is 18.0 Å². The van der Waals surface area contributed by atoms with Crippen LogP contribution in [0.2, 0.25) is 9.36 Å². The maximum absolute atomic E-state index is 13.8. The maximum atomic E-state index is 13.8. The number of hydrogen-bond donors (Lipinski definition) is 0. The normalized spacial score (nSPS) is 15.5. The minimum absolute atomic E-state index is 0.0757. The predicted octanol–water partition coefficient (Wildman–Crippen LogP) is 5.69. The Labute approximate surface area is 221 Å². The van der Waals surface area contributed by atoms with Crippen molar-refractivity contribution in [2.45, 2.75) is 23.6 Å². The van der Waals surface area contributed by atoms with Crippen LogP contribution in [0.3, 0.4) is 0 Å². The summed E-state index contributed by atoms with van der Waals surface area (Å²) in [6, 6.07) is 12.4. The molecule has 5 rings (SSSR count). The topological polar surface area (TPSA) is 83.5 Å². The number of carbonyl (C=O) groups excluding carboxylic acids is 1. The highest BCUT2D eigenvalue weighted by Crippen LogP contribution is 2.36. The van der Waals surface area contributed by atoms with Gasteiger partial charge < -0.3 is 0 Å². The number of fused-ring (bicyclic) bond motifs is 1. The number of benzene rings is 1. The number of thiazole rings is 1. The van der Waals surface area contributed by atoms with Gasteiger partial charge >= 0.3 is 0 Å². The van der Waals surface area contributed by atoms with E-state index in [4.69, 9.17) is 23.2 Å². The zero-order valence-corrected chi connectivity index (χ0v) is 22.3. The van der Waals surface area contributed by atoms with Crippen LogP contribution < -0.4 is 4.90 Å². The largest absolute Gasteiger partial charge is 0.283 e. The first-order valence-corrected chi connectivity index (χ1v) is 14.7. The molecule has 1 aliphatic heterocycles. The van der Waals surface area contributed by atoms with Crippen molar-refractivity contribution in [2.24, 2.45) is 5.92 Å². The summed E-state index contributed by atoms with van der Waals surface area (Å²) in [7, 11) is -3.62. The Hall–Kier alpha value is -2.08. The fraction of sp³-hybridized carbons (Fsp3) is 0.261. The van der Waals surface area contributed by atoms with Crippen LogP contribution in [0.15, 0.2) is 59.1 Å². The fourth-order valence-corrected chi connectivity index (χ4v) is 8.43. The Morgan fingerprint density at radius 1 is 1.06 bits per heavy atom. The predicted molar refractivity (Wildman–Crippen MR) is 141 cm³/mol. The van der Waals surface area contributed by atoms with Crippen molar-refractivity contribution < 1.29 is 13.2 Å². The van der Waals surface area contributed by atoms with Gasteiger partial charge in [-0.15, -0.1) is 11.3 Å². The van der Waals surface area contributed by atoms with Crippen LogP contribution in [0.25, 0.3) is 10.2 Å². The molecule has 182 valence electrons. The van der Waals surface area contributed by atoms with Crippen molar-refractivity contribution in [3.05, 3.63) is 69.8 Å². The number of rotatable bonds is 6. The van der Waals surface area contributed by atoms with E-state index in [-0.39, 0.29) is 29.1 Å². The second-order valence-electron chi connectivity index (χ2n) is 8.10. The van der Waals surface area contributed by atoms with E-state index in [0.29, 0.717) is 39.4 Å². The van der Waals surface area contributed by atoms with Crippen molar-refractivity contribution in [1.29, 1.82) is 0 Å². The Kier molecular flexibility index (Phi) is 7.11. The average Bonchev–Trinajstić information content (AvgIpc) is 3.50. The van der Waals surface area contributed by atoms with Crippen LogP contribution in [0.5, 0.6) is 0 Å². The summed E-state index contributed by atoms with van der Waals surface area (Å²) in [6.07, 6.45) is 4.23. The number of pyridine rings is 1. The molecule has 0 N–H and O–H groups in total. The van der Waals surface area contributed by atoms with Crippen LogP contribution >= 0.6 is 45.9 Å². The maximum Gasteiger partial charge on any atom is 0.252 e. The molecule has 12 heteroatoms. The molecule has 1 aromatic carbocycles. The van der Waals surface area contributed by atoms with E-state index in [1.54, 1.807) is 29.4 Å². The summed E-state index contributed by atoms with van der Waals surface area (Å²) >= 11 is 14.7. The van der Waals surface area contributed by atoms with Crippen LogP contribution in [-0.4, -0.2) is 41.7 Å². The van der Waals surface area contributed by atoms with E-state index >= 15 is 0 Å². The van der Waals surface area contributed by atoms with Crippen molar-refractivity contribution in [1.82, 2.24) is 14.3 Å². The molecule has 0 bridgehead atoms. The first-order valence-electron chi connectivity index (χ1n) is 10.8. The van der Waals surface area contributed by atoms with E-state index in [1.807, 2.05) is 24.3 Å². The van der Waals surface area contributed by atoms with Crippen molar-refractivity contribution in [3.63, 3.8) is 0 Å². The van der Waals surface area contributed by atoms with E-state index in [2.05, 4.69) is 9.97 Å². The molecule has 1 fully saturated rings. The molecule has 4 heterocycles. The number of piperidine rings is 1. The van der Waals surface area contributed by atoms with E-state index in [1.165, 1.54) is 21.7 Å². The molecule has 0 aliphatic carbocycles. The number of carbonyl (C=O) groups is 1. The number of amides is 1. The number of nitrogens with zero attached hydrogens (tertiary/aromatic N) is 4. The molecule has 0 atom stereocenters. The van der Waals surface area contributed by atoms with Gasteiger partial charge in [0.2, 0.25) is 5.91 Å². The number of halogens is 2. The lowest BCUT2D eigenvalue weighted by molar-refractivity contribution is -0.123. The third kappa shape index (κ3) is 5.09. The lowest BCUT2D eigenvalue weighted by Crippen LogP contribution is -2.44. The molecule has 0 spiro atoms. The Morgan fingerprint density at radius 3 is 2.46 bits per heavy atom. The van der Waals surface area contributed by atoms with Gasteiger partial charge in [-0.25, -0.2) is 13.4 Å². The standard InChI is InChI=1S/C23H20Cl2N4O3S3/c24-17-2-1-3-18-21(17)27-23(33-18)29(14-15-6-10-26-11-7-15)22(30)16-8-12-28(13-9-16)35(31,32)20-5-4-19(25)34-20/h1-7,10-11,16H,8-9,12-14H2. The van der Waals surface area contributed by atoms with Gasteiger partial charge in [0.25, 0.3) is 10.0 Å². The lowest BCUT2D eigenvalue weighted by Gasteiger charge is -2.32. The highest BCUT2D eigenvalue weighted by molar-refractivity contribution is 7.91. The van der Waals surface area contributed by atoms with Crippen LogP contribution in [0.1, 0.15) is 18.4 Å². The summed E-state index contributed by atoms with van der Waals surface area (Å²) in [6.45, 7) is 0.872. The van der Waals surface area contributed by atoms with Gasteiger partial charge in [-0.05, 0) is 54.8 Å². The third-order valence-electron chi connectivity index (χ3n) is 5.89. The molecular formula is C23H20Cl2N4O3S3. The number of hydrogen-bond acceptors (Lipinski definition) is 7. The number of sulfonamides is 1. The summed E-state index contributed by atoms with van der Waals surface area (Å²) in [5.41, 5.74) is 1.59. The molecule has 1 amide bonds. The molecule has 7 nitrogen and oxygen atoms in total. The van der Waals surface area contributed by atoms with Gasteiger partial charge in [-0.2, -0.15) is 4.31 Å². The Morgan fingerprint density at radius 2 is 1.80 bits per heavy atom. The third-order valence-corrected chi connectivity index (χ3v) is 10.8. The van der Waals surface area contributed by atoms with Crippen LogP contribution in [0.4, 0.5) is 5.13 Å². The zero-order valence-electron chi connectivity index (χ0n) is 18.3. The summed E-state index contributed by atoms with van der Waals surface area (Å²) in [5.74, 6) is -0.397. The molecule has 0 unspecified atom stereocenters. The minimum Gasteiger partial charge on any atom is -0.283 e. The molecule has 35 heavy (non-hydrogen) atoms. The minimum atomic E-state index is -3.62. The first-order chi connectivity index (χ1) is 16.8. The highest BCUT2D eigenvalue weighted by Gasteiger charge is 2.35. The van der Waals surface area contributed by atoms with E-state index < -0.39 is 10.0 Å². The van der Waals surface area contributed by atoms with Gasteiger partial charge in [0.05, 0.1) is 20.6 Å². The quantitative estimate of drug-likeness (QED) is 0.299. The molecular weight excluding hydrogens is 547 g/mol. The summed E-state index contributed by atoms with van der Waals surface area (Å²) in [5, 5.41) is 1.10. The van der Waals surface area contributed by atoms with Gasteiger partial charge in [-0.3, -0.25) is 14.7 Å². The number of aromatic nitrogens is 2. The van der Waals surface area contributed by atoms with Gasteiger partial charge in [0.1, 0.15) is 9.73 Å². The van der Waals surface area contributed by atoms with Gasteiger partial charge in [0, 0.05) is 31.4 Å². The number of thiophene rings is 1. The zero-order chi connectivity index (χ0) is 24.6. The smallest absolute Gasteiger partial charge is 0.252 e. The first kappa shape index (κ1) is 24.6. The van der Waals surface area contributed by atoms with E-state index in [9.17, 15) is 13.2 Å². The molecule has 1 aliphatic rings. The lowest BCUT2D eigenvalue weighted by atomic mass is 9.96. The second kappa shape index (κ2) is 10.1.